The molecule has 0 aromatic heterocycles. The molecule has 0 amide bonds. The van der Waals surface area contributed by atoms with E-state index < -0.39 is 0 Å². The molecule has 0 aliphatic carbocycles. The Hall–Kier alpha value is -2.68. The van der Waals surface area contributed by atoms with Crippen molar-refractivity contribution in [2.24, 2.45) is 0 Å². The van der Waals surface area contributed by atoms with Crippen molar-refractivity contribution >= 4 is 17.8 Å². The molecule has 0 aliphatic rings. The Kier molecular flexibility index (Phi) is 7.81. The van der Waals surface area contributed by atoms with Crippen molar-refractivity contribution in [3.63, 3.8) is 0 Å². The van der Waals surface area contributed by atoms with E-state index >= 15 is 0 Å². The summed E-state index contributed by atoms with van der Waals surface area (Å²) in [7, 11) is 0. The Balaban J connectivity index is 2.17. The summed E-state index contributed by atoms with van der Waals surface area (Å²) in [6.45, 7) is 4.39. The first-order valence-electron chi connectivity index (χ1n) is 9.12. The Morgan fingerprint density at radius 1 is 1.00 bits per heavy atom. The van der Waals surface area contributed by atoms with Crippen LogP contribution in [0.5, 0.6) is 0 Å². The maximum Gasteiger partial charge on any atom is 0.338 e. The highest BCUT2D eigenvalue weighted by Gasteiger charge is 2.13. The smallest absolute Gasteiger partial charge is 0.338 e. The van der Waals surface area contributed by atoms with Gasteiger partial charge in [0.1, 0.15) is 6.29 Å². The van der Waals surface area contributed by atoms with Crippen molar-refractivity contribution in [2.75, 3.05) is 6.61 Å². The number of aryl methyl sites for hydroxylation is 1. The summed E-state index contributed by atoms with van der Waals surface area (Å²) < 4.78 is 5.43. The number of hydrogen-bond donors (Lipinski definition) is 0. The number of carbonyl (C=O) groups is 2. The molecule has 0 spiro atoms. The van der Waals surface area contributed by atoms with Crippen LogP contribution in [0.1, 0.15) is 54.1 Å². The monoisotopic (exact) mass is 350 g/mol. The zero-order chi connectivity index (χ0) is 18.8. The average Bonchev–Trinajstić information content (AvgIpc) is 2.68. The predicted octanol–water partition coefficient (Wildman–Crippen LogP) is 5.38. The fraction of sp³-hybridized carbons (Fsp3) is 0.304. The third-order valence-electron chi connectivity index (χ3n) is 4.39. The lowest BCUT2D eigenvalue weighted by atomic mass is 9.92. The molecule has 26 heavy (non-hydrogen) atoms. The maximum absolute atomic E-state index is 12.1. The van der Waals surface area contributed by atoms with Gasteiger partial charge >= 0.3 is 5.97 Å². The molecule has 3 heteroatoms. The van der Waals surface area contributed by atoms with Crippen molar-refractivity contribution in [1.29, 1.82) is 0 Å². The van der Waals surface area contributed by atoms with Crippen LogP contribution in [-0.2, 0) is 9.53 Å². The van der Waals surface area contributed by atoms with Crippen molar-refractivity contribution in [2.45, 2.75) is 39.5 Å². The van der Waals surface area contributed by atoms with E-state index in [9.17, 15) is 9.59 Å². The first-order valence-corrected chi connectivity index (χ1v) is 9.12. The lowest BCUT2D eigenvalue weighted by Crippen LogP contribution is -2.08. The largest absolute Gasteiger partial charge is 0.462 e. The Morgan fingerprint density at radius 2 is 1.69 bits per heavy atom. The summed E-state index contributed by atoms with van der Waals surface area (Å²) in [5.74, 6) is -0.337. The Labute approximate surface area is 155 Å². The second-order valence-corrected chi connectivity index (χ2v) is 6.29. The van der Waals surface area contributed by atoms with Gasteiger partial charge in [-0.25, -0.2) is 4.79 Å². The van der Waals surface area contributed by atoms with E-state index in [0.29, 0.717) is 12.0 Å². The second kappa shape index (κ2) is 10.3. The number of carbonyl (C=O) groups excluding carboxylic acids is 2. The molecule has 0 atom stereocenters. The number of hydrogen-bond acceptors (Lipinski definition) is 3. The first kappa shape index (κ1) is 19.6. The van der Waals surface area contributed by atoms with Gasteiger partial charge in [0.05, 0.1) is 12.2 Å². The highest BCUT2D eigenvalue weighted by Crippen LogP contribution is 2.27. The van der Waals surface area contributed by atoms with Gasteiger partial charge in [0, 0.05) is 6.42 Å². The minimum atomic E-state index is -0.337. The highest BCUT2D eigenvalue weighted by molar-refractivity contribution is 5.90. The third kappa shape index (κ3) is 5.41. The van der Waals surface area contributed by atoms with Crippen LogP contribution >= 0.6 is 0 Å². The lowest BCUT2D eigenvalue weighted by molar-refractivity contribution is -0.105. The van der Waals surface area contributed by atoms with E-state index in [1.807, 2.05) is 49.4 Å². The molecule has 0 aliphatic heterocycles. The molecule has 2 rings (SSSR count). The predicted molar refractivity (Wildman–Crippen MR) is 105 cm³/mol. The standard InChI is InChI=1S/C23H26O3/c1-3-4-11-20(17-24)22(21-14-9-8-10-18(21)2)15-16-26-23(25)19-12-6-5-7-13-19/h5-10,12-14,17H,3-4,11,15-16H2,1-2H3/b22-20-. The summed E-state index contributed by atoms with van der Waals surface area (Å²) >= 11 is 0. The number of aldehydes is 1. The minimum absolute atomic E-state index is 0.251. The van der Waals surface area contributed by atoms with E-state index in [1.165, 1.54) is 0 Å². The number of rotatable bonds is 9. The minimum Gasteiger partial charge on any atom is -0.462 e. The molecule has 0 unspecified atom stereocenters. The van der Waals surface area contributed by atoms with Gasteiger partial charge in [-0.3, -0.25) is 4.79 Å². The molecule has 0 saturated heterocycles. The van der Waals surface area contributed by atoms with Crippen LogP contribution in [0.15, 0.2) is 60.2 Å². The zero-order valence-corrected chi connectivity index (χ0v) is 15.5. The quantitative estimate of drug-likeness (QED) is 0.346. The molecule has 136 valence electrons. The first-order chi connectivity index (χ1) is 12.7. The van der Waals surface area contributed by atoms with Crippen molar-refractivity contribution < 1.29 is 14.3 Å². The SMILES string of the molecule is CCCC/C(C=O)=C(\CCOC(=O)c1ccccc1)c1ccccc1C. The maximum atomic E-state index is 12.1. The van der Waals surface area contributed by atoms with Crippen molar-refractivity contribution in [1.82, 2.24) is 0 Å². The molecule has 0 N–H and O–H groups in total. The van der Waals surface area contributed by atoms with Crippen LogP contribution in [0, 0.1) is 6.92 Å². The van der Waals surface area contributed by atoms with Crippen LogP contribution < -0.4 is 0 Å². The topological polar surface area (TPSA) is 43.4 Å². The van der Waals surface area contributed by atoms with Gasteiger partial charge in [0.2, 0.25) is 0 Å². The van der Waals surface area contributed by atoms with Gasteiger partial charge in [-0.1, -0.05) is 55.8 Å². The zero-order valence-electron chi connectivity index (χ0n) is 15.5. The third-order valence-corrected chi connectivity index (χ3v) is 4.39. The summed E-state index contributed by atoms with van der Waals surface area (Å²) in [4.78, 5) is 23.8. The fourth-order valence-corrected chi connectivity index (χ4v) is 2.93. The molecule has 2 aromatic rings. The number of esters is 1. The van der Waals surface area contributed by atoms with Crippen LogP contribution in [0.2, 0.25) is 0 Å². The molecule has 0 radical (unpaired) electrons. The molecule has 2 aromatic carbocycles. The van der Waals surface area contributed by atoms with Crippen LogP contribution in [-0.4, -0.2) is 18.9 Å². The molecule has 3 nitrogen and oxygen atoms in total. The molecular formula is C23H26O3. The van der Waals surface area contributed by atoms with E-state index in [4.69, 9.17) is 4.74 Å². The van der Waals surface area contributed by atoms with Crippen LogP contribution in [0.3, 0.4) is 0 Å². The number of unbranched alkanes of at least 4 members (excludes halogenated alkanes) is 1. The van der Waals surface area contributed by atoms with Crippen LogP contribution in [0.4, 0.5) is 0 Å². The van der Waals surface area contributed by atoms with Crippen molar-refractivity contribution in [3.05, 3.63) is 76.9 Å². The Morgan fingerprint density at radius 3 is 2.35 bits per heavy atom. The molecular weight excluding hydrogens is 324 g/mol. The summed E-state index contributed by atoms with van der Waals surface area (Å²) in [5.41, 5.74) is 4.49. The van der Waals surface area contributed by atoms with Gasteiger partial charge < -0.3 is 4.74 Å². The van der Waals surface area contributed by atoms with Crippen molar-refractivity contribution in [3.8, 4) is 0 Å². The Bertz CT molecular complexity index is 760. The molecule has 0 saturated carbocycles. The normalized spacial score (nSPS) is 11.6. The fourth-order valence-electron chi connectivity index (χ4n) is 2.93. The van der Waals surface area contributed by atoms with Crippen LogP contribution in [0.25, 0.3) is 5.57 Å². The highest BCUT2D eigenvalue weighted by atomic mass is 16.5. The van der Waals surface area contributed by atoms with Gasteiger partial charge in [-0.05, 0) is 54.2 Å². The average molecular weight is 350 g/mol. The van der Waals surface area contributed by atoms with E-state index in [1.54, 1.807) is 12.1 Å². The van der Waals surface area contributed by atoms with E-state index in [0.717, 1.165) is 47.8 Å². The van der Waals surface area contributed by atoms with Gasteiger partial charge in [-0.15, -0.1) is 0 Å². The summed E-state index contributed by atoms with van der Waals surface area (Å²) in [6.07, 6.45) is 4.22. The summed E-state index contributed by atoms with van der Waals surface area (Å²) in [6, 6.07) is 17.0. The second-order valence-electron chi connectivity index (χ2n) is 6.29. The number of ether oxygens (including phenoxy) is 1. The molecule has 0 fully saturated rings. The molecule has 0 bridgehead atoms. The van der Waals surface area contributed by atoms with E-state index in [-0.39, 0.29) is 12.6 Å². The number of benzene rings is 2. The summed E-state index contributed by atoms with van der Waals surface area (Å²) in [5, 5.41) is 0. The van der Waals surface area contributed by atoms with E-state index in [2.05, 4.69) is 6.92 Å². The molecule has 0 heterocycles. The van der Waals surface area contributed by atoms with Gasteiger partial charge in [0.15, 0.2) is 0 Å². The lowest BCUT2D eigenvalue weighted by Gasteiger charge is -2.15. The van der Waals surface area contributed by atoms with Gasteiger partial charge in [-0.2, -0.15) is 0 Å². The van der Waals surface area contributed by atoms with Gasteiger partial charge in [0.25, 0.3) is 0 Å². The number of allylic oxidation sites excluding steroid dienone is 1.